The molecule has 0 aliphatic heterocycles. The maximum Gasteiger partial charge on any atom is 0.416 e. The van der Waals surface area contributed by atoms with Gasteiger partial charge in [0.2, 0.25) is 0 Å². The normalized spacial score (nSPS) is 13.3. The van der Waals surface area contributed by atoms with Gasteiger partial charge in [0, 0.05) is 19.2 Å². The third kappa shape index (κ3) is 5.20. The summed E-state index contributed by atoms with van der Waals surface area (Å²) < 4.78 is 37.6. The van der Waals surface area contributed by atoms with Crippen LogP contribution in [-0.2, 0) is 6.18 Å². The number of hydrogen-bond acceptors (Lipinski definition) is 5. The average Bonchev–Trinajstić information content (AvgIpc) is 2.34. The average molecular weight is 307 g/mol. The van der Waals surface area contributed by atoms with Gasteiger partial charge in [0.1, 0.15) is 5.69 Å². The summed E-state index contributed by atoms with van der Waals surface area (Å²) in [6, 6.07) is 2.22. The minimum atomic E-state index is -4.65. The van der Waals surface area contributed by atoms with E-state index in [1.165, 1.54) is 0 Å². The number of anilines is 1. The molecule has 0 spiro atoms. The standard InChI is InChI=1S/C12H16F3N3O3/c1-17(2)7-9(19)6-16-10-4-3-8(12(13,14)15)5-11(10)18(20)21/h3-5,9,16,19H,6-7H2,1-2H3/t9-/m1/s1. The van der Waals surface area contributed by atoms with E-state index in [1.54, 1.807) is 19.0 Å². The first-order chi connectivity index (χ1) is 9.61. The third-order valence-electron chi connectivity index (χ3n) is 2.63. The smallest absolute Gasteiger partial charge is 0.390 e. The van der Waals surface area contributed by atoms with Crippen molar-refractivity contribution in [1.29, 1.82) is 0 Å². The van der Waals surface area contributed by atoms with E-state index in [-0.39, 0.29) is 12.2 Å². The number of alkyl halides is 3. The fourth-order valence-electron chi connectivity index (χ4n) is 1.72. The van der Waals surface area contributed by atoms with Crippen LogP contribution in [0.5, 0.6) is 0 Å². The number of benzene rings is 1. The molecule has 0 fully saturated rings. The molecular weight excluding hydrogens is 291 g/mol. The molecular formula is C12H16F3N3O3. The number of rotatable bonds is 6. The Bertz CT molecular complexity index is 506. The van der Waals surface area contributed by atoms with Gasteiger partial charge in [-0.2, -0.15) is 13.2 Å². The minimum absolute atomic E-state index is 0.00954. The van der Waals surface area contributed by atoms with E-state index >= 15 is 0 Å². The summed E-state index contributed by atoms with van der Waals surface area (Å²) >= 11 is 0. The lowest BCUT2D eigenvalue weighted by Crippen LogP contribution is -2.31. The van der Waals surface area contributed by atoms with Crippen LogP contribution in [0, 0.1) is 10.1 Å². The predicted molar refractivity (Wildman–Crippen MR) is 71.1 cm³/mol. The van der Waals surface area contributed by atoms with Gasteiger partial charge in [0.05, 0.1) is 16.6 Å². The van der Waals surface area contributed by atoms with Gasteiger partial charge in [-0.05, 0) is 26.2 Å². The highest BCUT2D eigenvalue weighted by atomic mass is 19.4. The Hall–Kier alpha value is -1.87. The van der Waals surface area contributed by atoms with Crippen molar-refractivity contribution >= 4 is 11.4 Å². The van der Waals surface area contributed by atoms with Gasteiger partial charge < -0.3 is 15.3 Å². The Labute approximate surface area is 119 Å². The van der Waals surface area contributed by atoms with Crippen LogP contribution >= 0.6 is 0 Å². The number of halogens is 3. The topological polar surface area (TPSA) is 78.6 Å². The van der Waals surface area contributed by atoms with Crippen LogP contribution in [0.2, 0.25) is 0 Å². The van der Waals surface area contributed by atoms with Gasteiger partial charge in [-0.3, -0.25) is 10.1 Å². The molecule has 0 bridgehead atoms. The lowest BCUT2D eigenvalue weighted by Gasteiger charge is -2.17. The Morgan fingerprint density at radius 1 is 1.43 bits per heavy atom. The van der Waals surface area contributed by atoms with E-state index < -0.39 is 28.5 Å². The second kappa shape index (κ2) is 6.72. The zero-order chi connectivity index (χ0) is 16.2. The first-order valence-corrected chi connectivity index (χ1v) is 6.03. The molecule has 0 unspecified atom stereocenters. The molecule has 1 aromatic rings. The van der Waals surface area contributed by atoms with Gasteiger partial charge in [0.15, 0.2) is 0 Å². The van der Waals surface area contributed by atoms with E-state index in [0.29, 0.717) is 12.6 Å². The Balaban J connectivity index is 2.90. The van der Waals surface area contributed by atoms with Crippen molar-refractivity contribution in [2.24, 2.45) is 0 Å². The van der Waals surface area contributed by atoms with Gasteiger partial charge >= 0.3 is 6.18 Å². The molecule has 1 rings (SSSR count). The summed E-state index contributed by atoms with van der Waals surface area (Å²) in [7, 11) is 3.48. The number of hydrogen-bond donors (Lipinski definition) is 2. The maximum atomic E-state index is 12.5. The monoisotopic (exact) mass is 307 g/mol. The van der Waals surface area contributed by atoms with Crippen LogP contribution in [0.4, 0.5) is 24.5 Å². The molecule has 6 nitrogen and oxygen atoms in total. The zero-order valence-corrected chi connectivity index (χ0v) is 11.5. The van der Waals surface area contributed by atoms with Crippen LogP contribution in [0.25, 0.3) is 0 Å². The molecule has 118 valence electrons. The summed E-state index contributed by atoms with van der Waals surface area (Å²) in [5.41, 5.74) is -1.83. The van der Waals surface area contributed by atoms with E-state index in [2.05, 4.69) is 5.32 Å². The van der Waals surface area contributed by atoms with Crippen molar-refractivity contribution in [3.63, 3.8) is 0 Å². The molecule has 1 aromatic carbocycles. The minimum Gasteiger partial charge on any atom is -0.390 e. The van der Waals surface area contributed by atoms with Crippen molar-refractivity contribution in [1.82, 2.24) is 4.90 Å². The fraction of sp³-hybridized carbons (Fsp3) is 0.500. The number of aliphatic hydroxyl groups is 1. The predicted octanol–water partition coefficient (Wildman–Crippen LogP) is 1.95. The summed E-state index contributed by atoms with van der Waals surface area (Å²) in [5.74, 6) is 0. The Morgan fingerprint density at radius 2 is 2.05 bits per heavy atom. The molecule has 0 saturated heterocycles. The summed E-state index contributed by atoms with van der Waals surface area (Å²) in [6.07, 6.45) is -5.45. The summed E-state index contributed by atoms with van der Waals surface area (Å²) in [4.78, 5) is 11.7. The molecule has 9 heteroatoms. The van der Waals surface area contributed by atoms with E-state index in [1.807, 2.05) is 0 Å². The van der Waals surface area contributed by atoms with Crippen LogP contribution in [-0.4, -0.2) is 48.2 Å². The van der Waals surface area contributed by atoms with Crippen molar-refractivity contribution in [3.8, 4) is 0 Å². The van der Waals surface area contributed by atoms with Gasteiger partial charge in [0.25, 0.3) is 5.69 Å². The first kappa shape index (κ1) is 17.2. The summed E-state index contributed by atoms with van der Waals surface area (Å²) in [6.45, 7) is 0.311. The molecule has 1 atom stereocenters. The number of aliphatic hydroxyl groups excluding tert-OH is 1. The van der Waals surface area contributed by atoms with E-state index in [0.717, 1.165) is 12.1 Å². The zero-order valence-electron chi connectivity index (χ0n) is 11.5. The first-order valence-electron chi connectivity index (χ1n) is 6.03. The highest BCUT2D eigenvalue weighted by Crippen LogP contribution is 2.34. The van der Waals surface area contributed by atoms with Crippen LogP contribution in [0.15, 0.2) is 18.2 Å². The van der Waals surface area contributed by atoms with Crippen LogP contribution < -0.4 is 5.32 Å². The van der Waals surface area contributed by atoms with Crippen molar-refractivity contribution in [3.05, 3.63) is 33.9 Å². The molecule has 0 aliphatic carbocycles. The molecule has 2 N–H and O–H groups in total. The maximum absolute atomic E-state index is 12.5. The molecule has 0 amide bonds. The molecule has 0 heterocycles. The Morgan fingerprint density at radius 3 is 2.52 bits per heavy atom. The largest absolute Gasteiger partial charge is 0.416 e. The number of likely N-dealkylation sites (N-methyl/N-ethyl adjacent to an activating group) is 1. The molecule has 21 heavy (non-hydrogen) atoms. The number of nitrogens with zero attached hydrogens (tertiary/aromatic N) is 2. The lowest BCUT2D eigenvalue weighted by molar-refractivity contribution is -0.384. The fourth-order valence-corrected chi connectivity index (χ4v) is 1.72. The van der Waals surface area contributed by atoms with Crippen LogP contribution in [0.1, 0.15) is 5.56 Å². The van der Waals surface area contributed by atoms with Crippen molar-refractivity contribution in [2.75, 3.05) is 32.5 Å². The highest BCUT2D eigenvalue weighted by Gasteiger charge is 2.33. The van der Waals surface area contributed by atoms with E-state index in [9.17, 15) is 28.4 Å². The molecule has 0 radical (unpaired) electrons. The second-order valence-corrected chi connectivity index (χ2v) is 4.78. The number of nitrogens with one attached hydrogen (secondary N) is 1. The van der Waals surface area contributed by atoms with E-state index in [4.69, 9.17) is 0 Å². The van der Waals surface area contributed by atoms with Gasteiger partial charge in [-0.1, -0.05) is 0 Å². The molecule has 0 saturated carbocycles. The quantitative estimate of drug-likeness (QED) is 0.620. The van der Waals surface area contributed by atoms with Crippen molar-refractivity contribution < 1.29 is 23.2 Å². The summed E-state index contributed by atoms with van der Waals surface area (Å²) in [5, 5.41) is 23.1. The van der Waals surface area contributed by atoms with Gasteiger partial charge in [-0.15, -0.1) is 0 Å². The van der Waals surface area contributed by atoms with Crippen LogP contribution in [0.3, 0.4) is 0 Å². The number of nitro benzene ring substituents is 1. The lowest BCUT2D eigenvalue weighted by atomic mass is 10.1. The SMILES string of the molecule is CN(C)C[C@H](O)CNc1ccc(C(F)(F)F)cc1[N+](=O)[O-]. The van der Waals surface area contributed by atoms with Gasteiger partial charge in [-0.25, -0.2) is 0 Å². The highest BCUT2D eigenvalue weighted by molar-refractivity contribution is 5.63. The molecule has 0 aliphatic rings. The number of nitro groups is 1. The molecule has 0 aromatic heterocycles. The van der Waals surface area contributed by atoms with Crippen molar-refractivity contribution in [2.45, 2.75) is 12.3 Å². The third-order valence-corrected chi connectivity index (χ3v) is 2.63. The Kier molecular flexibility index (Phi) is 5.50. The second-order valence-electron chi connectivity index (χ2n) is 4.78.